The van der Waals surface area contributed by atoms with Gasteiger partial charge in [-0.15, -0.1) is 12.6 Å². The van der Waals surface area contributed by atoms with Crippen molar-refractivity contribution >= 4 is 184 Å². The van der Waals surface area contributed by atoms with Crippen LogP contribution in [0.15, 0.2) is 4.21 Å². The van der Waals surface area contributed by atoms with Gasteiger partial charge in [0.2, 0.25) is 5.88 Å². The van der Waals surface area contributed by atoms with Crippen LogP contribution in [0.3, 0.4) is 0 Å². The summed E-state index contributed by atoms with van der Waals surface area (Å²) in [6.45, 7) is 0. The molecule has 0 aliphatic rings. The van der Waals surface area contributed by atoms with Gasteiger partial charge in [-0.2, -0.15) is 4.37 Å². The van der Waals surface area contributed by atoms with Crippen LogP contribution in [0.4, 0.5) is 0 Å². The number of hydrogen-bond donors (Lipinski definition) is 3. The van der Waals surface area contributed by atoms with Gasteiger partial charge in [-0.05, 0) is 11.5 Å². The van der Waals surface area contributed by atoms with Gasteiger partial charge in [0, 0.05) is 0 Å². The molecule has 0 saturated heterocycles. The first kappa shape index (κ1) is 22.3. The Kier molecular flexibility index (Phi) is 19.4. The zero-order valence-electron chi connectivity index (χ0n) is 4.61. The van der Waals surface area contributed by atoms with E-state index < -0.39 is 11.8 Å². The average Bonchev–Trinajstić information content (AvgIpc) is 2.11. The Balaban J connectivity index is -0.000000333. The summed E-state index contributed by atoms with van der Waals surface area (Å²) in [5, 5.41) is 17.2. The van der Waals surface area contributed by atoms with Gasteiger partial charge >= 0.3 is 160 Å². The second kappa shape index (κ2) is 11.3. The Bertz CT molecular complexity index is 260. The molecule has 2 N–H and O–H groups in total. The first-order valence-corrected chi connectivity index (χ1v) is 3.46. The van der Waals surface area contributed by atoms with Crippen molar-refractivity contribution in [2.75, 3.05) is 0 Å². The molecule has 0 bridgehead atoms. The molecule has 13 heavy (non-hydrogen) atoms. The normalized spacial score (nSPS) is 7.46. The number of aromatic hydroxyl groups is 1. The molecule has 1 aromatic rings. The van der Waals surface area contributed by atoms with Crippen LogP contribution in [-0.4, -0.2) is 175 Å². The van der Waals surface area contributed by atoms with E-state index in [1.807, 2.05) is 0 Å². The monoisotopic (exact) mass is 297 g/mol. The minimum atomic E-state index is -1.21. The molecule has 60 valence electrons. The topological polar surface area (TPSA) is 70.4 Å². The number of carbonyl (C=O) groups is 1. The molecule has 1 aromatic heterocycles. The summed E-state index contributed by atoms with van der Waals surface area (Å²) in [7, 11) is 0. The number of nitrogens with zero attached hydrogens (tertiary/aromatic N) is 1. The van der Waals surface area contributed by atoms with Crippen molar-refractivity contribution in [2.45, 2.75) is 4.21 Å². The molecule has 0 atom stereocenters. The van der Waals surface area contributed by atoms with Crippen molar-refractivity contribution in [3.05, 3.63) is 5.56 Å². The van der Waals surface area contributed by atoms with Crippen LogP contribution in [0.5, 0.6) is 5.88 Å². The van der Waals surface area contributed by atoms with Crippen molar-refractivity contribution in [2.24, 2.45) is 0 Å². The third kappa shape index (κ3) is 7.24. The van der Waals surface area contributed by atoms with Gasteiger partial charge in [0.05, 0.1) is 4.21 Å². The van der Waals surface area contributed by atoms with Gasteiger partial charge in [0.1, 0.15) is 5.56 Å². The fraction of sp³-hybridized carbons (Fsp3) is 0. The predicted molar refractivity (Wildman–Crippen MR) is 59.4 cm³/mol. The van der Waals surface area contributed by atoms with Crippen LogP contribution >= 0.6 is 24.2 Å². The van der Waals surface area contributed by atoms with Gasteiger partial charge < -0.3 is 10.2 Å². The molecule has 0 spiro atoms. The van der Waals surface area contributed by atoms with E-state index in [4.69, 9.17) is 10.2 Å². The number of carboxylic acid groups (broad SMARTS) is 1. The number of carboxylic acids is 1. The molecule has 1 rings (SSSR count). The summed E-state index contributed by atoms with van der Waals surface area (Å²) >= 11 is 4.62. The van der Waals surface area contributed by atoms with E-state index in [-0.39, 0.29) is 164 Å². The number of rotatable bonds is 1. The van der Waals surface area contributed by atoms with Crippen molar-refractivity contribution in [3.63, 3.8) is 0 Å². The molecular formula is C4H6K3NO3S2. The number of aromatic carboxylic acids is 1. The third-order valence-corrected chi connectivity index (χ3v) is 1.98. The van der Waals surface area contributed by atoms with Crippen LogP contribution in [0.1, 0.15) is 10.4 Å². The van der Waals surface area contributed by atoms with E-state index in [2.05, 4.69) is 17.0 Å². The SMILES string of the molecule is O=C(O)c1c(O)nsc1S.[KH].[KH].[KH]. The average molecular weight is 298 g/mol. The molecule has 0 aromatic carbocycles. The molecule has 0 saturated carbocycles. The Hall–Kier alpha value is 4.16. The molecule has 1 heterocycles. The molecule has 0 unspecified atom stereocenters. The number of thiol groups is 1. The maximum absolute atomic E-state index is 10.3. The zero-order chi connectivity index (χ0) is 7.72. The second-order valence-electron chi connectivity index (χ2n) is 1.49. The Morgan fingerprint density at radius 1 is 1.38 bits per heavy atom. The van der Waals surface area contributed by atoms with Crippen molar-refractivity contribution in [1.82, 2.24) is 4.37 Å². The number of hydrogen-bond acceptors (Lipinski definition) is 5. The standard InChI is InChI=1S/C4H3NO3S2.3K.3H/c6-2-1(3(7)8)4(9)10-5-2;;;;;;/h9H,(H,5,6)(H,7,8);;;;;;. The molecule has 0 amide bonds. The maximum atomic E-state index is 10.3. The van der Waals surface area contributed by atoms with Gasteiger partial charge in [-0.1, -0.05) is 0 Å². The minimum absolute atomic E-state index is 0. The van der Waals surface area contributed by atoms with Crippen LogP contribution < -0.4 is 0 Å². The Morgan fingerprint density at radius 2 is 1.85 bits per heavy atom. The molecule has 0 aliphatic heterocycles. The summed E-state index contributed by atoms with van der Waals surface area (Å²) in [5.74, 6) is -1.68. The van der Waals surface area contributed by atoms with Crippen LogP contribution in [0.25, 0.3) is 0 Å². The second-order valence-corrected chi connectivity index (χ2v) is 3.01. The summed E-state index contributed by atoms with van der Waals surface area (Å²) in [4.78, 5) is 10.3. The van der Waals surface area contributed by atoms with Crippen LogP contribution in [0, 0.1) is 0 Å². The zero-order valence-corrected chi connectivity index (χ0v) is 6.32. The van der Waals surface area contributed by atoms with E-state index in [1.165, 1.54) is 0 Å². The van der Waals surface area contributed by atoms with Crippen LogP contribution in [0.2, 0.25) is 0 Å². The fourth-order valence-electron chi connectivity index (χ4n) is 0.461. The first-order chi connectivity index (χ1) is 4.63. The van der Waals surface area contributed by atoms with Crippen molar-refractivity contribution in [1.29, 1.82) is 0 Å². The molecule has 0 aliphatic carbocycles. The summed E-state index contributed by atoms with van der Waals surface area (Å²) < 4.78 is 3.59. The Labute approximate surface area is 212 Å². The van der Waals surface area contributed by atoms with E-state index in [9.17, 15) is 4.79 Å². The van der Waals surface area contributed by atoms with Crippen LogP contribution in [-0.2, 0) is 0 Å². The summed E-state index contributed by atoms with van der Waals surface area (Å²) in [6, 6.07) is 0. The number of aromatic nitrogens is 1. The van der Waals surface area contributed by atoms with Gasteiger partial charge in [0.15, 0.2) is 0 Å². The summed E-state index contributed by atoms with van der Waals surface area (Å²) in [5.41, 5.74) is -0.228. The molecule has 9 heteroatoms. The van der Waals surface area contributed by atoms with Gasteiger partial charge in [-0.25, -0.2) is 4.79 Å². The van der Waals surface area contributed by atoms with E-state index in [0.29, 0.717) is 0 Å². The molecule has 0 fully saturated rings. The molecule has 0 radical (unpaired) electrons. The Morgan fingerprint density at radius 3 is 2.00 bits per heavy atom. The van der Waals surface area contributed by atoms with Gasteiger partial charge in [-0.3, -0.25) is 0 Å². The predicted octanol–water partition coefficient (Wildman–Crippen LogP) is -1.11. The molecular weight excluding hydrogens is 291 g/mol. The molecule has 4 nitrogen and oxygen atoms in total. The van der Waals surface area contributed by atoms with Crippen molar-refractivity contribution < 1.29 is 15.0 Å². The summed E-state index contributed by atoms with van der Waals surface area (Å²) in [6.07, 6.45) is 0. The first-order valence-electron chi connectivity index (χ1n) is 2.24. The fourth-order valence-corrected chi connectivity index (χ4v) is 1.31. The van der Waals surface area contributed by atoms with Crippen molar-refractivity contribution in [3.8, 4) is 5.88 Å². The van der Waals surface area contributed by atoms with E-state index >= 15 is 0 Å². The van der Waals surface area contributed by atoms with E-state index in [1.54, 1.807) is 0 Å². The quantitative estimate of drug-likeness (QED) is 0.454. The third-order valence-electron chi connectivity index (χ3n) is 0.870. The van der Waals surface area contributed by atoms with E-state index in [0.717, 1.165) is 11.5 Å². The van der Waals surface area contributed by atoms with Gasteiger partial charge in [0.25, 0.3) is 0 Å².